The summed E-state index contributed by atoms with van der Waals surface area (Å²) in [7, 11) is 1.96. The normalized spacial score (nSPS) is 21.1. The highest BCUT2D eigenvalue weighted by Crippen LogP contribution is 2.27. The average Bonchev–Trinajstić information content (AvgIpc) is 2.68. The molecular weight excluding hydrogens is 212 g/mol. The number of aromatic nitrogens is 2. The molecule has 90 valence electrons. The predicted octanol–water partition coefficient (Wildman–Crippen LogP) is 1.50. The number of rotatable bonds is 1. The number of benzene rings is 1. The molecule has 2 N–H and O–H groups in total. The van der Waals surface area contributed by atoms with Crippen molar-refractivity contribution in [3.05, 3.63) is 24.4 Å². The number of anilines is 1. The summed E-state index contributed by atoms with van der Waals surface area (Å²) in [6.07, 6.45) is 4.40. The molecule has 1 fully saturated rings. The Hall–Kier alpha value is -1.55. The number of fused-ring (bicyclic) bond motifs is 1. The van der Waals surface area contributed by atoms with E-state index in [1.807, 2.05) is 11.7 Å². The van der Waals surface area contributed by atoms with Gasteiger partial charge in [0.05, 0.1) is 5.52 Å². The van der Waals surface area contributed by atoms with Gasteiger partial charge < -0.3 is 10.6 Å². The largest absolute Gasteiger partial charge is 0.369 e. The van der Waals surface area contributed by atoms with E-state index in [0.717, 1.165) is 25.0 Å². The van der Waals surface area contributed by atoms with Gasteiger partial charge in [-0.05, 0) is 25.0 Å². The lowest BCUT2D eigenvalue weighted by Crippen LogP contribution is -2.42. The Kier molecular flexibility index (Phi) is 2.52. The highest BCUT2D eigenvalue weighted by atomic mass is 15.3. The fraction of sp³-hybridized carbons (Fsp3) is 0.462. The third-order valence-corrected chi connectivity index (χ3v) is 3.44. The van der Waals surface area contributed by atoms with Crippen molar-refractivity contribution in [2.24, 2.45) is 12.8 Å². The van der Waals surface area contributed by atoms with Crippen LogP contribution in [0.3, 0.4) is 0 Å². The standard InChI is InChI=1S/C13H18N4/c1-16-9-11-12(15-16)5-2-6-13(11)17-7-3-4-10(14)8-17/h2,5-6,9-10H,3-4,7-8,14H2,1H3. The molecule has 0 amide bonds. The summed E-state index contributed by atoms with van der Waals surface area (Å²) in [5.74, 6) is 0. The molecule has 2 aromatic rings. The molecule has 1 saturated heterocycles. The summed E-state index contributed by atoms with van der Waals surface area (Å²) in [6.45, 7) is 2.05. The SMILES string of the molecule is Cn1cc2c(N3CCCC(N)C3)cccc2n1. The lowest BCUT2D eigenvalue weighted by atomic mass is 10.0. The first-order valence-corrected chi connectivity index (χ1v) is 6.17. The molecule has 0 spiro atoms. The second kappa shape index (κ2) is 4.04. The minimum Gasteiger partial charge on any atom is -0.369 e. The Morgan fingerprint density at radius 2 is 2.29 bits per heavy atom. The average molecular weight is 230 g/mol. The molecule has 1 atom stereocenters. The monoisotopic (exact) mass is 230 g/mol. The smallest absolute Gasteiger partial charge is 0.0944 e. The van der Waals surface area contributed by atoms with Crippen molar-refractivity contribution in [3.8, 4) is 0 Å². The molecule has 3 rings (SSSR count). The molecule has 4 nitrogen and oxygen atoms in total. The number of nitrogens with two attached hydrogens (primary N) is 1. The van der Waals surface area contributed by atoms with Crippen LogP contribution in [0.5, 0.6) is 0 Å². The van der Waals surface area contributed by atoms with Gasteiger partial charge in [0.2, 0.25) is 0 Å². The minimum atomic E-state index is 0.302. The topological polar surface area (TPSA) is 47.1 Å². The van der Waals surface area contributed by atoms with Crippen LogP contribution in [0.15, 0.2) is 24.4 Å². The van der Waals surface area contributed by atoms with Crippen LogP contribution < -0.4 is 10.6 Å². The summed E-state index contributed by atoms with van der Waals surface area (Å²) >= 11 is 0. The molecule has 2 heterocycles. The number of nitrogens with zero attached hydrogens (tertiary/aromatic N) is 3. The summed E-state index contributed by atoms with van der Waals surface area (Å²) < 4.78 is 1.87. The molecule has 0 radical (unpaired) electrons. The van der Waals surface area contributed by atoms with Crippen molar-refractivity contribution in [2.45, 2.75) is 18.9 Å². The fourth-order valence-corrected chi connectivity index (χ4v) is 2.65. The van der Waals surface area contributed by atoms with Gasteiger partial charge in [-0.25, -0.2) is 0 Å². The van der Waals surface area contributed by atoms with Gasteiger partial charge in [0.1, 0.15) is 0 Å². The van der Waals surface area contributed by atoms with E-state index in [0.29, 0.717) is 6.04 Å². The molecule has 1 aromatic heterocycles. The fourth-order valence-electron chi connectivity index (χ4n) is 2.65. The third-order valence-electron chi connectivity index (χ3n) is 3.44. The maximum atomic E-state index is 6.05. The van der Waals surface area contributed by atoms with E-state index in [-0.39, 0.29) is 0 Å². The number of hydrogen-bond acceptors (Lipinski definition) is 3. The lowest BCUT2D eigenvalue weighted by molar-refractivity contribution is 0.507. The summed E-state index contributed by atoms with van der Waals surface area (Å²) in [5.41, 5.74) is 8.38. The van der Waals surface area contributed by atoms with Gasteiger partial charge in [0.25, 0.3) is 0 Å². The first-order valence-electron chi connectivity index (χ1n) is 6.17. The summed E-state index contributed by atoms with van der Waals surface area (Å²) in [5, 5.41) is 5.67. The van der Waals surface area contributed by atoms with E-state index in [1.165, 1.54) is 17.5 Å². The van der Waals surface area contributed by atoms with Gasteiger partial charge in [0.15, 0.2) is 0 Å². The second-order valence-corrected chi connectivity index (χ2v) is 4.86. The van der Waals surface area contributed by atoms with Crippen molar-refractivity contribution in [1.29, 1.82) is 0 Å². The van der Waals surface area contributed by atoms with Gasteiger partial charge in [-0.3, -0.25) is 4.68 Å². The van der Waals surface area contributed by atoms with E-state index in [4.69, 9.17) is 5.73 Å². The first-order chi connectivity index (χ1) is 8.24. The molecule has 0 aliphatic carbocycles. The van der Waals surface area contributed by atoms with E-state index in [9.17, 15) is 0 Å². The van der Waals surface area contributed by atoms with Crippen LogP contribution in [0.1, 0.15) is 12.8 Å². The second-order valence-electron chi connectivity index (χ2n) is 4.86. The quantitative estimate of drug-likeness (QED) is 0.807. The Bertz CT molecular complexity index is 531. The van der Waals surface area contributed by atoms with Gasteiger partial charge in [-0.2, -0.15) is 5.10 Å². The number of hydrogen-bond donors (Lipinski definition) is 1. The maximum Gasteiger partial charge on any atom is 0.0944 e. The predicted molar refractivity (Wildman–Crippen MR) is 70.1 cm³/mol. The molecule has 1 aliphatic rings. The highest BCUT2D eigenvalue weighted by Gasteiger charge is 2.19. The summed E-state index contributed by atoms with van der Waals surface area (Å²) in [6, 6.07) is 6.60. The van der Waals surface area contributed by atoms with Crippen molar-refractivity contribution >= 4 is 16.6 Å². The zero-order chi connectivity index (χ0) is 11.8. The zero-order valence-corrected chi connectivity index (χ0v) is 10.1. The van der Waals surface area contributed by atoms with E-state index >= 15 is 0 Å². The Morgan fingerprint density at radius 1 is 1.41 bits per heavy atom. The van der Waals surface area contributed by atoms with E-state index < -0.39 is 0 Å². The molecule has 1 aliphatic heterocycles. The van der Waals surface area contributed by atoms with E-state index in [2.05, 4.69) is 34.4 Å². The lowest BCUT2D eigenvalue weighted by Gasteiger charge is -2.32. The minimum absolute atomic E-state index is 0.302. The Labute approximate surface area is 101 Å². The van der Waals surface area contributed by atoms with Crippen LogP contribution in [0.4, 0.5) is 5.69 Å². The maximum absolute atomic E-state index is 6.05. The third kappa shape index (κ3) is 1.89. The van der Waals surface area contributed by atoms with Crippen LogP contribution >= 0.6 is 0 Å². The molecule has 17 heavy (non-hydrogen) atoms. The molecular formula is C13H18N4. The zero-order valence-electron chi connectivity index (χ0n) is 10.1. The molecule has 0 bridgehead atoms. The van der Waals surface area contributed by atoms with Crippen LogP contribution in [0.2, 0.25) is 0 Å². The van der Waals surface area contributed by atoms with Crippen molar-refractivity contribution in [1.82, 2.24) is 9.78 Å². The van der Waals surface area contributed by atoms with Gasteiger partial charge >= 0.3 is 0 Å². The van der Waals surface area contributed by atoms with Crippen molar-refractivity contribution < 1.29 is 0 Å². The molecule has 1 aromatic carbocycles. The van der Waals surface area contributed by atoms with Gasteiger partial charge in [-0.15, -0.1) is 0 Å². The molecule has 1 unspecified atom stereocenters. The van der Waals surface area contributed by atoms with Crippen LogP contribution in [-0.2, 0) is 7.05 Å². The Morgan fingerprint density at radius 3 is 3.12 bits per heavy atom. The van der Waals surface area contributed by atoms with Gasteiger partial charge in [0, 0.05) is 43.4 Å². The van der Waals surface area contributed by atoms with Crippen LogP contribution in [-0.4, -0.2) is 28.9 Å². The van der Waals surface area contributed by atoms with Crippen molar-refractivity contribution in [3.63, 3.8) is 0 Å². The molecule has 4 heteroatoms. The van der Waals surface area contributed by atoms with Gasteiger partial charge in [-0.1, -0.05) is 6.07 Å². The van der Waals surface area contributed by atoms with Crippen LogP contribution in [0.25, 0.3) is 10.9 Å². The van der Waals surface area contributed by atoms with Crippen molar-refractivity contribution in [2.75, 3.05) is 18.0 Å². The number of aryl methyl sites for hydroxylation is 1. The highest BCUT2D eigenvalue weighted by molar-refractivity contribution is 5.91. The Balaban J connectivity index is 2.04. The van der Waals surface area contributed by atoms with Crippen LogP contribution in [0, 0.1) is 0 Å². The first kappa shape index (κ1) is 10.6. The summed E-state index contributed by atoms with van der Waals surface area (Å²) in [4.78, 5) is 2.39. The number of piperidine rings is 1. The van der Waals surface area contributed by atoms with E-state index in [1.54, 1.807) is 0 Å². The molecule has 0 saturated carbocycles.